The van der Waals surface area contributed by atoms with Crippen LogP contribution in [0.25, 0.3) is 0 Å². The molecule has 1 aromatic rings. The lowest BCUT2D eigenvalue weighted by Gasteiger charge is -2.21. The summed E-state index contributed by atoms with van der Waals surface area (Å²) in [6, 6.07) is 6.51. The fourth-order valence-corrected chi connectivity index (χ4v) is 2.26. The average Bonchev–Trinajstić information content (AvgIpc) is 2.89. The summed E-state index contributed by atoms with van der Waals surface area (Å²) in [6.45, 7) is 1.55. The van der Waals surface area contributed by atoms with Gasteiger partial charge in [-0.15, -0.1) is 0 Å². The predicted octanol–water partition coefficient (Wildman–Crippen LogP) is 1.58. The quantitative estimate of drug-likeness (QED) is 0.880. The van der Waals surface area contributed by atoms with Crippen molar-refractivity contribution in [1.82, 2.24) is 10.2 Å². The molecule has 0 radical (unpaired) electrons. The molecule has 1 unspecified atom stereocenters. The molecule has 0 saturated carbocycles. The monoisotopic (exact) mass is 250 g/mol. The third kappa shape index (κ3) is 3.29. The molecule has 1 fully saturated rings. The number of nitrogens with one attached hydrogen (secondary N) is 1. The molecule has 1 saturated heterocycles. The molecule has 1 N–H and O–H groups in total. The maximum Gasteiger partial charge on any atom is 0.239 e. The smallest absolute Gasteiger partial charge is 0.239 e. The molecule has 0 aliphatic carbocycles. The number of nitrogens with zero attached hydrogens (tertiary/aromatic N) is 1. The van der Waals surface area contributed by atoms with Crippen LogP contribution in [0.4, 0.5) is 4.39 Å². The molecule has 1 aliphatic rings. The van der Waals surface area contributed by atoms with Crippen molar-refractivity contribution in [2.75, 3.05) is 20.1 Å². The first-order valence-electron chi connectivity index (χ1n) is 6.39. The van der Waals surface area contributed by atoms with E-state index >= 15 is 0 Å². The van der Waals surface area contributed by atoms with Crippen molar-refractivity contribution in [3.63, 3.8) is 0 Å². The van der Waals surface area contributed by atoms with Gasteiger partial charge in [-0.3, -0.25) is 4.79 Å². The van der Waals surface area contributed by atoms with Crippen LogP contribution in [0.5, 0.6) is 0 Å². The number of carbonyl (C=O) groups excluding carboxylic acids is 1. The lowest BCUT2D eigenvalue weighted by Crippen LogP contribution is -2.42. The number of benzene rings is 1. The van der Waals surface area contributed by atoms with Gasteiger partial charge in [0.05, 0.1) is 6.04 Å². The first kappa shape index (κ1) is 13.0. The number of likely N-dealkylation sites (N-methyl/N-ethyl adjacent to an activating group) is 1. The SMILES string of the molecule is CN(CCc1cccc(F)c1)C(=O)C1CCCN1. The number of hydrogen-bond donors (Lipinski definition) is 1. The number of carbonyl (C=O) groups is 1. The van der Waals surface area contributed by atoms with E-state index in [1.807, 2.05) is 13.1 Å². The second-order valence-corrected chi connectivity index (χ2v) is 4.79. The summed E-state index contributed by atoms with van der Waals surface area (Å²) in [5.41, 5.74) is 0.925. The van der Waals surface area contributed by atoms with Gasteiger partial charge in [0, 0.05) is 13.6 Å². The minimum absolute atomic E-state index is 0.0255. The molecule has 1 amide bonds. The highest BCUT2D eigenvalue weighted by Crippen LogP contribution is 2.09. The van der Waals surface area contributed by atoms with Crippen molar-refractivity contribution in [2.24, 2.45) is 0 Å². The van der Waals surface area contributed by atoms with Crippen molar-refractivity contribution in [3.8, 4) is 0 Å². The fourth-order valence-electron chi connectivity index (χ4n) is 2.26. The van der Waals surface area contributed by atoms with Crippen molar-refractivity contribution in [1.29, 1.82) is 0 Å². The molecular weight excluding hydrogens is 231 g/mol. The van der Waals surface area contributed by atoms with Crippen molar-refractivity contribution < 1.29 is 9.18 Å². The molecule has 98 valence electrons. The van der Waals surface area contributed by atoms with Crippen LogP contribution in [-0.2, 0) is 11.2 Å². The van der Waals surface area contributed by atoms with Crippen molar-refractivity contribution >= 4 is 5.91 Å². The lowest BCUT2D eigenvalue weighted by molar-refractivity contribution is -0.131. The zero-order valence-corrected chi connectivity index (χ0v) is 10.7. The average molecular weight is 250 g/mol. The maximum absolute atomic E-state index is 13.0. The highest BCUT2D eigenvalue weighted by atomic mass is 19.1. The van der Waals surface area contributed by atoms with Crippen LogP contribution in [0.3, 0.4) is 0 Å². The van der Waals surface area contributed by atoms with Crippen LogP contribution in [0.1, 0.15) is 18.4 Å². The molecule has 0 aromatic heterocycles. The van der Waals surface area contributed by atoms with Gasteiger partial charge in [-0.25, -0.2) is 4.39 Å². The summed E-state index contributed by atoms with van der Waals surface area (Å²) < 4.78 is 13.0. The van der Waals surface area contributed by atoms with Gasteiger partial charge in [-0.1, -0.05) is 12.1 Å². The highest BCUT2D eigenvalue weighted by molar-refractivity contribution is 5.81. The van der Waals surface area contributed by atoms with E-state index in [1.165, 1.54) is 12.1 Å². The number of hydrogen-bond acceptors (Lipinski definition) is 2. The Labute approximate surface area is 107 Å². The summed E-state index contributed by atoms with van der Waals surface area (Å²) in [6.07, 6.45) is 2.67. The Morgan fingerprint density at radius 2 is 2.39 bits per heavy atom. The van der Waals surface area contributed by atoms with E-state index in [4.69, 9.17) is 0 Å². The Morgan fingerprint density at radius 3 is 3.06 bits per heavy atom. The molecular formula is C14H19FN2O. The van der Waals surface area contributed by atoms with Gasteiger partial charge in [-0.2, -0.15) is 0 Å². The topological polar surface area (TPSA) is 32.3 Å². The van der Waals surface area contributed by atoms with Gasteiger partial charge in [0.25, 0.3) is 0 Å². The van der Waals surface area contributed by atoms with E-state index in [-0.39, 0.29) is 17.8 Å². The van der Waals surface area contributed by atoms with Crippen molar-refractivity contribution in [3.05, 3.63) is 35.6 Å². The number of rotatable bonds is 4. The van der Waals surface area contributed by atoms with Gasteiger partial charge >= 0.3 is 0 Å². The van der Waals surface area contributed by atoms with E-state index < -0.39 is 0 Å². The Morgan fingerprint density at radius 1 is 1.56 bits per heavy atom. The minimum Gasteiger partial charge on any atom is -0.344 e. The van der Waals surface area contributed by atoms with E-state index in [2.05, 4.69) is 5.32 Å². The van der Waals surface area contributed by atoms with Crippen LogP contribution in [0, 0.1) is 5.82 Å². The molecule has 1 aromatic carbocycles. The molecule has 1 heterocycles. The standard InChI is InChI=1S/C14H19FN2O/c1-17(14(18)13-6-3-8-16-13)9-7-11-4-2-5-12(15)10-11/h2,4-5,10,13,16H,3,6-9H2,1H3. The van der Waals surface area contributed by atoms with Crippen LogP contribution < -0.4 is 5.32 Å². The zero-order valence-electron chi connectivity index (χ0n) is 10.7. The second-order valence-electron chi connectivity index (χ2n) is 4.79. The first-order valence-corrected chi connectivity index (χ1v) is 6.39. The van der Waals surface area contributed by atoms with E-state index in [0.29, 0.717) is 13.0 Å². The molecule has 18 heavy (non-hydrogen) atoms. The number of amides is 1. The van der Waals surface area contributed by atoms with E-state index in [0.717, 1.165) is 24.9 Å². The normalized spacial score (nSPS) is 18.9. The van der Waals surface area contributed by atoms with Gasteiger partial charge in [-0.05, 0) is 43.5 Å². The van der Waals surface area contributed by atoms with Crippen LogP contribution in [0.2, 0.25) is 0 Å². The first-order chi connectivity index (χ1) is 8.66. The van der Waals surface area contributed by atoms with Crippen LogP contribution in [-0.4, -0.2) is 37.0 Å². The minimum atomic E-state index is -0.223. The summed E-state index contributed by atoms with van der Waals surface area (Å²) in [5, 5.41) is 3.19. The maximum atomic E-state index is 13.0. The van der Waals surface area contributed by atoms with E-state index in [9.17, 15) is 9.18 Å². The van der Waals surface area contributed by atoms with Gasteiger partial charge in [0.2, 0.25) is 5.91 Å². The van der Waals surface area contributed by atoms with E-state index in [1.54, 1.807) is 11.0 Å². The zero-order chi connectivity index (χ0) is 13.0. The molecule has 3 nitrogen and oxygen atoms in total. The molecule has 0 spiro atoms. The Hall–Kier alpha value is -1.42. The molecule has 1 atom stereocenters. The van der Waals surface area contributed by atoms with Crippen LogP contribution in [0.15, 0.2) is 24.3 Å². The largest absolute Gasteiger partial charge is 0.344 e. The summed E-state index contributed by atoms with van der Waals surface area (Å²) in [7, 11) is 1.81. The number of halogens is 1. The van der Waals surface area contributed by atoms with Gasteiger partial charge in [0.15, 0.2) is 0 Å². The van der Waals surface area contributed by atoms with Crippen molar-refractivity contribution in [2.45, 2.75) is 25.3 Å². The predicted molar refractivity (Wildman–Crippen MR) is 68.8 cm³/mol. The lowest BCUT2D eigenvalue weighted by atomic mass is 10.1. The third-order valence-electron chi connectivity index (χ3n) is 3.36. The van der Waals surface area contributed by atoms with Gasteiger partial charge < -0.3 is 10.2 Å². The summed E-state index contributed by atoms with van der Waals surface area (Å²) in [5.74, 6) is -0.0807. The Balaban J connectivity index is 1.84. The summed E-state index contributed by atoms with van der Waals surface area (Å²) in [4.78, 5) is 13.8. The van der Waals surface area contributed by atoms with Gasteiger partial charge in [0.1, 0.15) is 5.82 Å². The molecule has 0 bridgehead atoms. The Bertz CT molecular complexity index is 416. The fraction of sp³-hybridized carbons (Fsp3) is 0.500. The summed E-state index contributed by atoms with van der Waals surface area (Å²) >= 11 is 0. The third-order valence-corrected chi connectivity index (χ3v) is 3.36. The van der Waals surface area contributed by atoms with Crippen LogP contribution >= 0.6 is 0 Å². The molecule has 2 rings (SSSR count). The molecule has 4 heteroatoms. The Kier molecular flexibility index (Phi) is 4.31. The second kappa shape index (κ2) is 5.96. The highest BCUT2D eigenvalue weighted by Gasteiger charge is 2.24. The molecule has 1 aliphatic heterocycles.